The zero-order valence-corrected chi connectivity index (χ0v) is 15.1. The number of carbonyl (C=O) groups is 1. The van der Waals surface area contributed by atoms with Gasteiger partial charge >= 0.3 is 6.03 Å². The number of nitro groups is 1. The summed E-state index contributed by atoms with van der Waals surface area (Å²) in [7, 11) is 0. The van der Waals surface area contributed by atoms with E-state index in [0.29, 0.717) is 29.4 Å². The molecule has 2 amide bonds. The van der Waals surface area contributed by atoms with Crippen LogP contribution in [0.4, 0.5) is 16.2 Å². The first-order chi connectivity index (χ1) is 11.9. The van der Waals surface area contributed by atoms with Gasteiger partial charge in [0.2, 0.25) is 0 Å². The molecule has 2 saturated heterocycles. The van der Waals surface area contributed by atoms with Gasteiger partial charge in [-0.2, -0.15) is 0 Å². The number of hydrogen-bond acceptors (Lipinski definition) is 4. The summed E-state index contributed by atoms with van der Waals surface area (Å²) < 4.78 is 0. The van der Waals surface area contributed by atoms with E-state index in [2.05, 4.69) is 24.1 Å². The molecule has 0 aromatic heterocycles. The minimum absolute atomic E-state index is 0.0372. The first-order valence-electron chi connectivity index (χ1n) is 8.95. The number of carbonyl (C=O) groups excluding carboxylic acids is 1. The van der Waals surface area contributed by atoms with Crippen LogP contribution in [0.15, 0.2) is 18.2 Å². The van der Waals surface area contributed by atoms with Gasteiger partial charge < -0.3 is 10.2 Å². The quantitative estimate of drug-likeness (QED) is 0.672. The molecule has 0 saturated carbocycles. The van der Waals surface area contributed by atoms with Crippen molar-refractivity contribution in [2.24, 2.45) is 0 Å². The van der Waals surface area contributed by atoms with Gasteiger partial charge in [-0.25, -0.2) is 4.79 Å². The number of rotatable bonds is 3. The fourth-order valence-electron chi connectivity index (χ4n) is 4.23. The number of urea groups is 1. The molecule has 0 aliphatic carbocycles. The van der Waals surface area contributed by atoms with E-state index in [0.717, 1.165) is 25.9 Å². The van der Waals surface area contributed by atoms with E-state index in [1.54, 1.807) is 13.0 Å². The van der Waals surface area contributed by atoms with Gasteiger partial charge in [-0.15, -0.1) is 0 Å². The first kappa shape index (κ1) is 17.7. The van der Waals surface area contributed by atoms with Gasteiger partial charge in [0.25, 0.3) is 5.69 Å². The first-order valence-corrected chi connectivity index (χ1v) is 8.95. The number of nitrogens with one attached hydrogen (secondary N) is 1. The van der Waals surface area contributed by atoms with E-state index in [9.17, 15) is 14.9 Å². The molecule has 0 radical (unpaired) electrons. The highest BCUT2D eigenvalue weighted by molar-refractivity contribution is 5.90. The average Bonchev–Trinajstić information content (AvgIpc) is 2.83. The van der Waals surface area contributed by atoms with Gasteiger partial charge in [-0.1, -0.05) is 0 Å². The Morgan fingerprint density at radius 3 is 2.64 bits per heavy atom. The third kappa shape index (κ3) is 3.61. The Hall–Kier alpha value is -2.15. The second kappa shape index (κ2) is 7.00. The van der Waals surface area contributed by atoms with Gasteiger partial charge in [0, 0.05) is 49.0 Å². The summed E-state index contributed by atoms with van der Waals surface area (Å²) in [6.45, 7) is 7.71. The van der Waals surface area contributed by atoms with E-state index >= 15 is 0 Å². The van der Waals surface area contributed by atoms with Gasteiger partial charge in [0.05, 0.1) is 4.92 Å². The molecule has 25 heavy (non-hydrogen) atoms. The molecule has 2 heterocycles. The van der Waals surface area contributed by atoms with Crippen LogP contribution in [0.25, 0.3) is 0 Å². The Bertz CT molecular complexity index is 676. The minimum atomic E-state index is -0.426. The number of nitro benzene ring substituents is 1. The molecule has 1 N–H and O–H groups in total. The predicted molar refractivity (Wildman–Crippen MR) is 96.8 cm³/mol. The maximum absolute atomic E-state index is 12.7. The van der Waals surface area contributed by atoms with Crippen molar-refractivity contribution in [3.8, 4) is 0 Å². The zero-order valence-electron chi connectivity index (χ0n) is 15.1. The molecule has 1 aromatic carbocycles. The van der Waals surface area contributed by atoms with Crippen molar-refractivity contribution in [3.63, 3.8) is 0 Å². The molecule has 3 rings (SSSR count). The van der Waals surface area contributed by atoms with Crippen LogP contribution in [0.5, 0.6) is 0 Å². The topological polar surface area (TPSA) is 78.7 Å². The monoisotopic (exact) mass is 346 g/mol. The summed E-state index contributed by atoms with van der Waals surface area (Å²) in [4.78, 5) is 27.6. The summed E-state index contributed by atoms with van der Waals surface area (Å²) in [5.41, 5.74) is 1.36. The molecule has 0 spiro atoms. The number of anilines is 1. The fraction of sp³-hybridized carbons (Fsp3) is 0.611. The van der Waals surface area contributed by atoms with Crippen molar-refractivity contribution in [1.29, 1.82) is 0 Å². The van der Waals surface area contributed by atoms with Gasteiger partial charge in [0.15, 0.2) is 0 Å². The number of fused-ring (bicyclic) bond motifs is 2. The Morgan fingerprint density at radius 2 is 2.00 bits per heavy atom. The van der Waals surface area contributed by atoms with Crippen LogP contribution >= 0.6 is 0 Å². The molecule has 2 atom stereocenters. The highest BCUT2D eigenvalue weighted by atomic mass is 16.6. The van der Waals surface area contributed by atoms with Crippen molar-refractivity contribution >= 4 is 17.4 Å². The van der Waals surface area contributed by atoms with Crippen LogP contribution in [0.2, 0.25) is 0 Å². The lowest BCUT2D eigenvalue weighted by Gasteiger charge is -2.32. The summed E-state index contributed by atoms with van der Waals surface area (Å²) in [5.74, 6) is 0. The third-order valence-electron chi connectivity index (χ3n) is 5.39. The largest absolute Gasteiger partial charge is 0.323 e. The van der Waals surface area contributed by atoms with Gasteiger partial charge in [-0.3, -0.25) is 15.0 Å². The molecule has 7 heteroatoms. The lowest BCUT2D eigenvalue weighted by Crippen LogP contribution is -2.45. The second-order valence-corrected chi connectivity index (χ2v) is 7.35. The standard InChI is InChI=1S/C18H26N4O3/c1-12(2)21-14-4-5-16(21)11-20(9-8-14)18(23)19-17-7-6-15(22(24)25)10-13(17)3/h6-7,10,12,14,16H,4-5,8-9,11H2,1-3H3,(H,19,23). The summed E-state index contributed by atoms with van der Waals surface area (Å²) in [6.07, 6.45) is 3.37. The average molecular weight is 346 g/mol. The van der Waals surface area contributed by atoms with E-state index in [-0.39, 0.29) is 11.7 Å². The van der Waals surface area contributed by atoms with Crippen LogP contribution in [-0.4, -0.2) is 52.0 Å². The third-order valence-corrected chi connectivity index (χ3v) is 5.39. The number of non-ortho nitro benzene ring substituents is 1. The smallest absolute Gasteiger partial charge is 0.321 e. The van der Waals surface area contributed by atoms with Crippen LogP contribution in [0.3, 0.4) is 0 Å². The van der Waals surface area contributed by atoms with Crippen molar-refractivity contribution in [1.82, 2.24) is 9.80 Å². The number of hydrogen-bond donors (Lipinski definition) is 1. The Balaban J connectivity index is 1.69. The molecule has 136 valence electrons. The Morgan fingerprint density at radius 1 is 1.28 bits per heavy atom. The lowest BCUT2D eigenvalue weighted by molar-refractivity contribution is -0.384. The number of amides is 2. The molecular formula is C18H26N4O3. The van der Waals surface area contributed by atoms with E-state index in [1.165, 1.54) is 18.6 Å². The second-order valence-electron chi connectivity index (χ2n) is 7.35. The molecule has 1 aromatic rings. The normalized spacial score (nSPS) is 23.6. The predicted octanol–water partition coefficient (Wildman–Crippen LogP) is 3.38. The minimum Gasteiger partial charge on any atom is -0.323 e. The van der Waals surface area contributed by atoms with Crippen molar-refractivity contribution in [2.45, 2.75) is 58.2 Å². The summed E-state index contributed by atoms with van der Waals surface area (Å²) >= 11 is 0. The van der Waals surface area contributed by atoms with E-state index in [4.69, 9.17) is 0 Å². The highest BCUT2D eigenvalue weighted by Gasteiger charge is 2.39. The Labute approximate surface area is 148 Å². The van der Waals surface area contributed by atoms with Crippen LogP contribution in [-0.2, 0) is 0 Å². The van der Waals surface area contributed by atoms with Crippen molar-refractivity contribution in [2.75, 3.05) is 18.4 Å². The van der Waals surface area contributed by atoms with Gasteiger partial charge in [0.1, 0.15) is 0 Å². The van der Waals surface area contributed by atoms with E-state index in [1.807, 2.05) is 4.90 Å². The fourth-order valence-corrected chi connectivity index (χ4v) is 4.23. The van der Waals surface area contributed by atoms with Crippen LogP contribution in [0, 0.1) is 17.0 Å². The lowest BCUT2D eigenvalue weighted by atomic mass is 10.1. The molecule has 2 bridgehead atoms. The summed E-state index contributed by atoms with van der Waals surface area (Å²) in [5, 5.41) is 13.8. The maximum Gasteiger partial charge on any atom is 0.321 e. The molecule has 2 aliphatic heterocycles. The Kier molecular flexibility index (Phi) is 4.94. The molecular weight excluding hydrogens is 320 g/mol. The van der Waals surface area contributed by atoms with Crippen LogP contribution < -0.4 is 5.32 Å². The van der Waals surface area contributed by atoms with E-state index < -0.39 is 4.92 Å². The molecule has 2 aliphatic rings. The number of nitrogens with zero attached hydrogens (tertiary/aromatic N) is 3. The number of aryl methyl sites for hydroxylation is 1. The number of likely N-dealkylation sites (tertiary alicyclic amines) is 1. The van der Waals surface area contributed by atoms with Crippen molar-refractivity contribution in [3.05, 3.63) is 33.9 Å². The maximum atomic E-state index is 12.7. The van der Waals surface area contributed by atoms with Gasteiger partial charge in [-0.05, 0) is 51.7 Å². The molecule has 2 unspecified atom stereocenters. The van der Waals surface area contributed by atoms with Crippen molar-refractivity contribution < 1.29 is 9.72 Å². The molecule has 2 fully saturated rings. The molecule has 7 nitrogen and oxygen atoms in total. The number of benzene rings is 1. The highest BCUT2D eigenvalue weighted by Crippen LogP contribution is 2.32. The van der Waals surface area contributed by atoms with Crippen LogP contribution in [0.1, 0.15) is 38.7 Å². The SMILES string of the molecule is Cc1cc([N+](=O)[O-])ccc1NC(=O)N1CCC2CCC(C1)N2C(C)C. The summed E-state index contributed by atoms with van der Waals surface area (Å²) in [6, 6.07) is 5.90. The zero-order chi connectivity index (χ0) is 18.1.